The fourth-order valence-corrected chi connectivity index (χ4v) is 3.67. The summed E-state index contributed by atoms with van der Waals surface area (Å²) in [6.45, 7) is 4.27. The molecule has 0 amide bonds. The number of nitrogens with zero attached hydrogens (tertiary/aromatic N) is 3. The SMILES string of the molecule is Cc1c(Cl)c(CNc2ncc(C3CCOCC3)s2)nn1C. The third kappa shape index (κ3) is 3.22. The zero-order valence-corrected chi connectivity index (χ0v) is 13.8. The Morgan fingerprint density at radius 3 is 2.90 bits per heavy atom. The first-order chi connectivity index (χ1) is 10.1. The van der Waals surface area contributed by atoms with E-state index >= 15 is 0 Å². The van der Waals surface area contributed by atoms with Gasteiger partial charge < -0.3 is 10.1 Å². The summed E-state index contributed by atoms with van der Waals surface area (Å²) in [5.41, 5.74) is 1.84. The molecule has 21 heavy (non-hydrogen) atoms. The number of hydrogen-bond donors (Lipinski definition) is 1. The summed E-state index contributed by atoms with van der Waals surface area (Å²) in [6, 6.07) is 0. The second-order valence-corrected chi connectivity index (χ2v) is 6.72. The molecule has 7 heteroatoms. The number of anilines is 1. The van der Waals surface area contributed by atoms with Crippen LogP contribution in [0.15, 0.2) is 6.20 Å². The van der Waals surface area contributed by atoms with Crippen LogP contribution in [0.5, 0.6) is 0 Å². The lowest BCUT2D eigenvalue weighted by atomic mass is 9.99. The van der Waals surface area contributed by atoms with Crippen LogP contribution in [0.3, 0.4) is 0 Å². The van der Waals surface area contributed by atoms with E-state index in [0.29, 0.717) is 12.5 Å². The van der Waals surface area contributed by atoms with Crippen LogP contribution in [0.25, 0.3) is 0 Å². The lowest BCUT2D eigenvalue weighted by molar-refractivity contribution is 0.0860. The van der Waals surface area contributed by atoms with Crippen LogP contribution in [-0.2, 0) is 18.3 Å². The van der Waals surface area contributed by atoms with Crippen LogP contribution in [0, 0.1) is 6.92 Å². The predicted octanol–water partition coefficient (Wildman–Crippen LogP) is 3.34. The molecule has 3 heterocycles. The third-order valence-electron chi connectivity index (χ3n) is 3.88. The molecule has 0 aliphatic carbocycles. The van der Waals surface area contributed by atoms with E-state index in [0.717, 1.165) is 47.6 Å². The molecule has 1 fully saturated rings. The fraction of sp³-hybridized carbons (Fsp3) is 0.571. The molecule has 0 spiro atoms. The standard InChI is InChI=1S/C14H19ClN4OS/c1-9-13(15)11(18-19(9)2)7-16-14-17-8-12(21-14)10-3-5-20-6-4-10/h8,10H,3-7H2,1-2H3,(H,16,17). The molecular formula is C14H19ClN4OS. The van der Waals surface area contributed by atoms with Crippen molar-refractivity contribution in [2.24, 2.45) is 7.05 Å². The van der Waals surface area contributed by atoms with E-state index in [-0.39, 0.29) is 0 Å². The summed E-state index contributed by atoms with van der Waals surface area (Å²) < 4.78 is 7.20. The summed E-state index contributed by atoms with van der Waals surface area (Å²) in [5.74, 6) is 0.590. The Hall–Kier alpha value is -1.11. The Balaban J connectivity index is 1.63. The molecule has 1 aliphatic rings. The third-order valence-corrected chi connectivity index (χ3v) is 5.49. The molecule has 0 unspecified atom stereocenters. The molecule has 1 saturated heterocycles. The number of hydrogen-bond acceptors (Lipinski definition) is 5. The summed E-state index contributed by atoms with van der Waals surface area (Å²) in [5, 5.41) is 9.38. The second-order valence-electron chi connectivity index (χ2n) is 5.28. The maximum Gasteiger partial charge on any atom is 0.183 e. The molecule has 0 radical (unpaired) electrons. The highest BCUT2D eigenvalue weighted by Gasteiger charge is 2.18. The van der Waals surface area contributed by atoms with E-state index < -0.39 is 0 Å². The highest BCUT2D eigenvalue weighted by Crippen LogP contribution is 2.33. The number of halogens is 1. The van der Waals surface area contributed by atoms with Gasteiger partial charge in [0.15, 0.2) is 5.13 Å². The van der Waals surface area contributed by atoms with Crippen molar-refractivity contribution in [3.63, 3.8) is 0 Å². The van der Waals surface area contributed by atoms with Gasteiger partial charge in [0.25, 0.3) is 0 Å². The van der Waals surface area contributed by atoms with Crippen LogP contribution in [-0.4, -0.2) is 28.0 Å². The molecule has 2 aromatic rings. The quantitative estimate of drug-likeness (QED) is 0.936. The number of thiazole rings is 1. The first kappa shape index (κ1) is 14.8. The molecule has 0 bridgehead atoms. The molecule has 2 aromatic heterocycles. The van der Waals surface area contributed by atoms with Gasteiger partial charge in [-0.05, 0) is 25.7 Å². The second kappa shape index (κ2) is 6.34. The highest BCUT2D eigenvalue weighted by atomic mass is 35.5. The first-order valence-corrected chi connectivity index (χ1v) is 8.30. The van der Waals surface area contributed by atoms with Gasteiger partial charge in [0.1, 0.15) is 5.69 Å². The Kier molecular flexibility index (Phi) is 4.47. The van der Waals surface area contributed by atoms with Crippen molar-refractivity contribution < 1.29 is 4.74 Å². The van der Waals surface area contributed by atoms with Crippen molar-refractivity contribution in [2.45, 2.75) is 32.2 Å². The van der Waals surface area contributed by atoms with Gasteiger partial charge in [0.05, 0.1) is 17.3 Å². The van der Waals surface area contributed by atoms with Gasteiger partial charge in [0.2, 0.25) is 0 Å². The van der Waals surface area contributed by atoms with Gasteiger partial charge in [-0.1, -0.05) is 11.6 Å². The maximum absolute atomic E-state index is 6.25. The van der Waals surface area contributed by atoms with Crippen LogP contribution < -0.4 is 5.32 Å². The van der Waals surface area contributed by atoms with E-state index in [2.05, 4.69) is 15.4 Å². The van der Waals surface area contributed by atoms with Crippen molar-refractivity contribution in [1.82, 2.24) is 14.8 Å². The highest BCUT2D eigenvalue weighted by molar-refractivity contribution is 7.15. The molecule has 0 atom stereocenters. The number of rotatable bonds is 4. The Bertz CT molecular complexity index is 619. The van der Waals surface area contributed by atoms with Gasteiger partial charge in [-0.25, -0.2) is 4.98 Å². The fourth-order valence-electron chi connectivity index (χ4n) is 2.46. The van der Waals surface area contributed by atoms with Crippen LogP contribution in [0.4, 0.5) is 5.13 Å². The van der Waals surface area contributed by atoms with E-state index in [1.165, 1.54) is 4.88 Å². The average molecular weight is 327 g/mol. The molecule has 0 saturated carbocycles. The van der Waals surface area contributed by atoms with E-state index in [4.69, 9.17) is 16.3 Å². The van der Waals surface area contributed by atoms with Crippen molar-refractivity contribution in [3.8, 4) is 0 Å². The Labute approximate surface area is 133 Å². The monoisotopic (exact) mass is 326 g/mol. The minimum atomic E-state index is 0.590. The lowest BCUT2D eigenvalue weighted by Gasteiger charge is -2.20. The number of nitrogens with one attached hydrogen (secondary N) is 1. The average Bonchev–Trinajstić information content (AvgIpc) is 3.07. The molecule has 1 aliphatic heterocycles. The summed E-state index contributed by atoms with van der Waals surface area (Å²) >= 11 is 7.97. The van der Waals surface area contributed by atoms with Crippen molar-refractivity contribution in [1.29, 1.82) is 0 Å². The largest absolute Gasteiger partial charge is 0.381 e. The molecule has 1 N–H and O–H groups in total. The van der Waals surface area contributed by atoms with E-state index in [1.54, 1.807) is 16.0 Å². The van der Waals surface area contributed by atoms with Crippen LogP contribution >= 0.6 is 22.9 Å². The Morgan fingerprint density at radius 1 is 1.48 bits per heavy atom. The zero-order chi connectivity index (χ0) is 14.8. The van der Waals surface area contributed by atoms with Gasteiger partial charge in [-0.2, -0.15) is 5.10 Å². The van der Waals surface area contributed by atoms with Crippen molar-refractivity contribution in [2.75, 3.05) is 18.5 Å². The molecular weight excluding hydrogens is 308 g/mol. The molecule has 114 valence electrons. The first-order valence-electron chi connectivity index (χ1n) is 7.10. The molecule has 5 nitrogen and oxygen atoms in total. The summed E-state index contributed by atoms with van der Waals surface area (Å²) in [4.78, 5) is 5.79. The lowest BCUT2D eigenvalue weighted by Crippen LogP contribution is -2.12. The maximum atomic E-state index is 6.25. The van der Waals surface area contributed by atoms with Crippen molar-refractivity contribution in [3.05, 3.63) is 27.5 Å². The van der Waals surface area contributed by atoms with Crippen LogP contribution in [0.1, 0.15) is 35.0 Å². The van der Waals surface area contributed by atoms with Crippen LogP contribution in [0.2, 0.25) is 5.02 Å². The van der Waals surface area contributed by atoms with E-state index in [9.17, 15) is 0 Å². The zero-order valence-electron chi connectivity index (χ0n) is 12.2. The number of aryl methyl sites for hydroxylation is 1. The summed E-state index contributed by atoms with van der Waals surface area (Å²) in [6.07, 6.45) is 4.16. The van der Waals surface area contributed by atoms with Gasteiger partial charge in [0, 0.05) is 31.3 Å². The summed E-state index contributed by atoms with van der Waals surface area (Å²) in [7, 11) is 1.90. The smallest absolute Gasteiger partial charge is 0.183 e. The predicted molar refractivity (Wildman–Crippen MR) is 85.2 cm³/mol. The minimum absolute atomic E-state index is 0.590. The number of ether oxygens (including phenoxy) is 1. The van der Waals surface area contributed by atoms with E-state index in [1.807, 2.05) is 20.2 Å². The normalized spacial score (nSPS) is 16.3. The van der Waals surface area contributed by atoms with Gasteiger partial charge >= 0.3 is 0 Å². The Morgan fingerprint density at radius 2 is 2.24 bits per heavy atom. The minimum Gasteiger partial charge on any atom is -0.381 e. The molecule has 0 aromatic carbocycles. The topological polar surface area (TPSA) is 52.0 Å². The van der Waals surface area contributed by atoms with Gasteiger partial charge in [-0.3, -0.25) is 4.68 Å². The van der Waals surface area contributed by atoms with Crippen molar-refractivity contribution >= 4 is 28.1 Å². The van der Waals surface area contributed by atoms with Gasteiger partial charge in [-0.15, -0.1) is 11.3 Å². The number of aromatic nitrogens is 3. The molecule has 3 rings (SSSR count).